The largest absolute Gasteiger partial charge is 0.330 e. The van der Waals surface area contributed by atoms with E-state index in [1.165, 1.54) is 0 Å². The lowest BCUT2D eigenvalue weighted by molar-refractivity contribution is 0.928. The van der Waals surface area contributed by atoms with Crippen molar-refractivity contribution < 1.29 is 0 Å². The molecule has 0 saturated carbocycles. The van der Waals surface area contributed by atoms with Crippen LogP contribution in [0.3, 0.4) is 0 Å². The van der Waals surface area contributed by atoms with Gasteiger partial charge in [0.15, 0.2) is 0 Å². The fourth-order valence-corrected chi connectivity index (χ4v) is 3.14. The first-order valence-corrected chi connectivity index (χ1v) is 6.83. The molecule has 0 aliphatic rings. The van der Waals surface area contributed by atoms with Gasteiger partial charge >= 0.3 is 0 Å². The van der Waals surface area contributed by atoms with Crippen molar-refractivity contribution in [1.29, 1.82) is 0 Å². The maximum atomic E-state index is 6.11. The SMILES string of the molecule is Cc1cc(Cl)cc2c1nc1[nH]c(CCN)c(Br)n12. The van der Waals surface area contributed by atoms with Crippen LogP contribution in [0.25, 0.3) is 16.8 Å². The van der Waals surface area contributed by atoms with Gasteiger partial charge in [0.25, 0.3) is 0 Å². The highest BCUT2D eigenvalue weighted by molar-refractivity contribution is 9.10. The van der Waals surface area contributed by atoms with Crippen LogP contribution in [0.5, 0.6) is 0 Å². The van der Waals surface area contributed by atoms with Gasteiger partial charge in [-0.1, -0.05) is 11.6 Å². The van der Waals surface area contributed by atoms with E-state index in [1.807, 2.05) is 23.5 Å². The first kappa shape index (κ1) is 12.0. The number of fused-ring (bicyclic) bond motifs is 3. The Balaban J connectivity index is 2.40. The molecule has 2 aromatic heterocycles. The molecule has 0 unspecified atom stereocenters. The summed E-state index contributed by atoms with van der Waals surface area (Å²) < 4.78 is 2.99. The Morgan fingerprint density at radius 1 is 1.50 bits per heavy atom. The van der Waals surface area contributed by atoms with E-state index in [4.69, 9.17) is 17.3 Å². The standard InChI is InChI=1S/C12H12BrClN4/c1-6-4-7(14)5-9-10(6)17-12-16-8(2-3-15)11(13)18(9)12/h4-5H,2-3,15H2,1H3,(H,16,17). The Labute approximate surface area is 117 Å². The summed E-state index contributed by atoms with van der Waals surface area (Å²) in [5.74, 6) is 0.811. The molecule has 4 nitrogen and oxygen atoms in total. The monoisotopic (exact) mass is 326 g/mol. The molecule has 0 aliphatic carbocycles. The van der Waals surface area contributed by atoms with E-state index in [2.05, 4.69) is 25.9 Å². The first-order chi connectivity index (χ1) is 8.61. The van der Waals surface area contributed by atoms with Crippen molar-refractivity contribution in [3.63, 3.8) is 0 Å². The minimum absolute atomic E-state index is 0.597. The highest BCUT2D eigenvalue weighted by Gasteiger charge is 2.15. The Bertz CT molecular complexity index is 744. The number of hydrogen-bond donors (Lipinski definition) is 2. The number of nitrogens with zero attached hydrogens (tertiary/aromatic N) is 2. The summed E-state index contributed by atoms with van der Waals surface area (Å²) in [5, 5.41) is 0.718. The number of nitrogens with two attached hydrogens (primary N) is 1. The highest BCUT2D eigenvalue weighted by atomic mass is 79.9. The van der Waals surface area contributed by atoms with Gasteiger partial charge in [-0.15, -0.1) is 0 Å². The van der Waals surface area contributed by atoms with Gasteiger partial charge < -0.3 is 10.7 Å². The molecular weight excluding hydrogens is 316 g/mol. The summed E-state index contributed by atoms with van der Waals surface area (Å²) in [5.41, 5.74) is 9.68. The molecule has 0 amide bonds. The zero-order valence-electron chi connectivity index (χ0n) is 9.80. The molecule has 6 heteroatoms. The smallest absolute Gasteiger partial charge is 0.213 e. The van der Waals surface area contributed by atoms with Gasteiger partial charge in [-0.25, -0.2) is 4.98 Å². The molecule has 0 fully saturated rings. The van der Waals surface area contributed by atoms with E-state index < -0.39 is 0 Å². The second-order valence-corrected chi connectivity index (χ2v) is 5.48. The summed E-state index contributed by atoms with van der Waals surface area (Å²) >= 11 is 9.71. The van der Waals surface area contributed by atoms with E-state index in [-0.39, 0.29) is 0 Å². The van der Waals surface area contributed by atoms with E-state index in [0.717, 1.165) is 44.1 Å². The number of nitrogens with one attached hydrogen (secondary N) is 1. The molecule has 2 heterocycles. The van der Waals surface area contributed by atoms with Crippen LogP contribution in [0, 0.1) is 6.92 Å². The number of rotatable bonds is 2. The van der Waals surface area contributed by atoms with Crippen LogP contribution in [-0.2, 0) is 6.42 Å². The fraction of sp³-hybridized carbons (Fsp3) is 0.250. The third-order valence-electron chi connectivity index (χ3n) is 3.02. The van der Waals surface area contributed by atoms with Gasteiger partial charge in [0.05, 0.1) is 16.7 Å². The van der Waals surface area contributed by atoms with Crippen LogP contribution in [0.15, 0.2) is 16.7 Å². The number of halogens is 2. The van der Waals surface area contributed by atoms with Gasteiger partial charge in [0.2, 0.25) is 5.78 Å². The molecule has 3 N–H and O–H groups in total. The van der Waals surface area contributed by atoms with Gasteiger partial charge in [-0.2, -0.15) is 0 Å². The number of aryl methyl sites for hydroxylation is 1. The molecular formula is C12H12BrClN4. The molecule has 0 saturated heterocycles. The van der Waals surface area contributed by atoms with Crippen molar-refractivity contribution >= 4 is 44.3 Å². The minimum atomic E-state index is 0.597. The number of benzene rings is 1. The summed E-state index contributed by atoms with van der Waals surface area (Å²) in [4.78, 5) is 7.88. The van der Waals surface area contributed by atoms with E-state index >= 15 is 0 Å². The number of aromatic nitrogens is 3. The normalized spacial score (nSPS) is 11.8. The second kappa shape index (κ2) is 4.26. The van der Waals surface area contributed by atoms with E-state index in [0.29, 0.717) is 6.54 Å². The van der Waals surface area contributed by atoms with Gasteiger partial charge in [0.1, 0.15) is 4.60 Å². The van der Waals surface area contributed by atoms with Crippen molar-refractivity contribution in [2.45, 2.75) is 13.3 Å². The Hall–Kier alpha value is -1.04. The van der Waals surface area contributed by atoms with Gasteiger partial charge in [-0.3, -0.25) is 4.40 Å². The summed E-state index contributed by atoms with van der Waals surface area (Å²) in [7, 11) is 0. The lowest BCUT2D eigenvalue weighted by Crippen LogP contribution is -2.03. The van der Waals surface area contributed by atoms with Crippen molar-refractivity contribution in [3.05, 3.63) is 33.0 Å². The minimum Gasteiger partial charge on any atom is -0.330 e. The van der Waals surface area contributed by atoms with Crippen molar-refractivity contribution in [2.24, 2.45) is 5.73 Å². The molecule has 0 bridgehead atoms. The number of aromatic amines is 1. The van der Waals surface area contributed by atoms with Crippen LogP contribution >= 0.6 is 27.5 Å². The van der Waals surface area contributed by atoms with Crippen molar-refractivity contribution in [2.75, 3.05) is 6.54 Å². The second-order valence-electron chi connectivity index (χ2n) is 4.29. The molecule has 3 rings (SSSR count). The van der Waals surface area contributed by atoms with Crippen LogP contribution in [-0.4, -0.2) is 20.9 Å². The maximum absolute atomic E-state index is 6.11. The first-order valence-electron chi connectivity index (χ1n) is 5.66. The quantitative estimate of drug-likeness (QED) is 0.760. The zero-order chi connectivity index (χ0) is 12.9. The Morgan fingerprint density at radius 2 is 2.28 bits per heavy atom. The summed E-state index contributed by atoms with van der Waals surface area (Å²) in [6.45, 7) is 2.61. The third-order valence-corrected chi connectivity index (χ3v) is 4.07. The molecule has 3 aromatic rings. The van der Waals surface area contributed by atoms with Crippen molar-refractivity contribution in [1.82, 2.24) is 14.4 Å². The predicted molar refractivity (Wildman–Crippen MR) is 77.3 cm³/mol. The molecule has 18 heavy (non-hydrogen) atoms. The molecule has 0 spiro atoms. The average molecular weight is 328 g/mol. The zero-order valence-corrected chi connectivity index (χ0v) is 12.1. The van der Waals surface area contributed by atoms with Crippen molar-refractivity contribution in [3.8, 4) is 0 Å². The number of imidazole rings is 2. The van der Waals surface area contributed by atoms with Gasteiger partial charge in [-0.05, 0) is 47.1 Å². The number of H-pyrrole nitrogens is 1. The fourth-order valence-electron chi connectivity index (χ4n) is 2.22. The average Bonchev–Trinajstić information content (AvgIpc) is 2.79. The molecule has 94 valence electrons. The Kier molecular flexibility index (Phi) is 2.84. The summed E-state index contributed by atoms with van der Waals surface area (Å²) in [6.07, 6.45) is 0.783. The lowest BCUT2D eigenvalue weighted by Gasteiger charge is -1.99. The maximum Gasteiger partial charge on any atom is 0.213 e. The number of hydrogen-bond acceptors (Lipinski definition) is 2. The molecule has 0 aliphatic heterocycles. The highest BCUT2D eigenvalue weighted by Crippen LogP contribution is 2.29. The molecule has 1 aromatic carbocycles. The van der Waals surface area contributed by atoms with E-state index in [9.17, 15) is 0 Å². The lowest BCUT2D eigenvalue weighted by atomic mass is 10.2. The predicted octanol–water partition coefficient (Wildman–Crippen LogP) is 3.04. The van der Waals surface area contributed by atoms with Crippen LogP contribution in [0.2, 0.25) is 5.02 Å². The van der Waals surface area contributed by atoms with E-state index in [1.54, 1.807) is 0 Å². The van der Waals surface area contributed by atoms with Gasteiger partial charge in [0, 0.05) is 11.4 Å². The topological polar surface area (TPSA) is 59.1 Å². The van der Waals surface area contributed by atoms with Crippen LogP contribution in [0.4, 0.5) is 0 Å². The Morgan fingerprint density at radius 3 is 3.00 bits per heavy atom. The van der Waals surface area contributed by atoms with Crippen LogP contribution in [0.1, 0.15) is 11.3 Å². The third kappa shape index (κ3) is 1.66. The summed E-state index contributed by atoms with van der Waals surface area (Å²) in [6, 6.07) is 3.85. The molecule has 0 atom stereocenters. The van der Waals surface area contributed by atoms with Crippen LogP contribution < -0.4 is 5.73 Å². The molecule has 0 radical (unpaired) electrons.